The van der Waals surface area contributed by atoms with E-state index in [0.717, 1.165) is 0 Å². The van der Waals surface area contributed by atoms with Gasteiger partial charge in [-0.2, -0.15) is 8.42 Å². The summed E-state index contributed by atoms with van der Waals surface area (Å²) in [6.45, 7) is 18.0. The van der Waals surface area contributed by atoms with Crippen LogP contribution in [-0.2, 0) is 10.4 Å². The molecule has 0 aliphatic rings. The predicted molar refractivity (Wildman–Crippen MR) is 52.7 cm³/mol. The molecule has 5 nitrogen and oxygen atoms in total. The summed E-state index contributed by atoms with van der Waals surface area (Å²) in [5.74, 6) is 0. The molecule has 0 aromatic carbocycles. The minimum absolute atomic E-state index is 0. The summed E-state index contributed by atoms with van der Waals surface area (Å²) in [4.78, 5) is 0. The van der Waals surface area contributed by atoms with Crippen molar-refractivity contribution in [2.45, 2.75) is 0 Å². The average molecular weight is 224 g/mol. The molecular formula is C6H17NaO5S. The van der Waals surface area contributed by atoms with Gasteiger partial charge in [0.25, 0.3) is 0 Å². The van der Waals surface area contributed by atoms with Crippen molar-refractivity contribution in [3.63, 3.8) is 0 Å². The Balaban J connectivity index is -0.00000000972. The summed E-state index contributed by atoms with van der Waals surface area (Å²) in [5.41, 5.74) is 0. The largest absolute Gasteiger partial charge is 1.00 e. The smallest absolute Gasteiger partial charge is 1.00 e. The summed E-state index contributed by atoms with van der Waals surface area (Å²) >= 11 is 0. The van der Waals surface area contributed by atoms with Crippen molar-refractivity contribution in [3.05, 3.63) is 39.5 Å². The van der Waals surface area contributed by atoms with Crippen molar-refractivity contribution in [1.82, 2.24) is 0 Å². The molecule has 0 aromatic heterocycles. The summed E-state index contributed by atoms with van der Waals surface area (Å²) in [6, 6.07) is 0. The molecule has 0 radical (unpaired) electrons. The maximum atomic E-state index is 8.74. The van der Waals surface area contributed by atoms with Crippen molar-refractivity contribution in [3.8, 4) is 0 Å². The minimum Gasteiger partial charge on any atom is -1.00 e. The van der Waals surface area contributed by atoms with E-state index in [9.17, 15) is 0 Å². The molecule has 0 saturated heterocycles. The van der Waals surface area contributed by atoms with Gasteiger partial charge in [0.1, 0.15) is 0 Å². The van der Waals surface area contributed by atoms with Gasteiger partial charge in [0.15, 0.2) is 0 Å². The summed E-state index contributed by atoms with van der Waals surface area (Å²) in [6.07, 6.45) is 0. The van der Waals surface area contributed by atoms with E-state index in [1.54, 1.807) is 0 Å². The van der Waals surface area contributed by atoms with Crippen molar-refractivity contribution >= 4 is 10.4 Å². The molecule has 0 atom stereocenters. The van der Waals surface area contributed by atoms with Crippen molar-refractivity contribution in [2.75, 3.05) is 0 Å². The van der Waals surface area contributed by atoms with Crippen LogP contribution in [0.1, 0.15) is 1.43 Å². The van der Waals surface area contributed by atoms with E-state index in [4.69, 9.17) is 17.5 Å². The second-order valence-corrected chi connectivity index (χ2v) is 1.34. The molecule has 0 aliphatic carbocycles. The van der Waals surface area contributed by atoms with Crippen LogP contribution in [0.5, 0.6) is 0 Å². The van der Waals surface area contributed by atoms with Gasteiger partial charge in [0.05, 0.1) is 0 Å². The van der Waals surface area contributed by atoms with E-state index in [2.05, 4.69) is 39.5 Å². The van der Waals surface area contributed by atoms with Crippen LogP contribution in [-0.4, -0.2) is 23.0 Å². The Bertz CT molecular complexity index is 138. The van der Waals surface area contributed by atoms with E-state index in [1.807, 2.05) is 0 Å². The molecule has 0 aliphatic heterocycles. The van der Waals surface area contributed by atoms with Crippen LogP contribution in [0.3, 0.4) is 0 Å². The first-order valence-electron chi connectivity index (χ1n) is 2.20. The van der Waals surface area contributed by atoms with Crippen LogP contribution >= 0.6 is 0 Å². The third-order valence-electron chi connectivity index (χ3n) is 0. The normalized spacial score (nSPS) is 5.38. The van der Waals surface area contributed by atoms with E-state index >= 15 is 0 Å². The Hall–Kier alpha value is 0.0500. The Morgan fingerprint density at radius 2 is 0.846 bits per heavy atom. The molecule has 4 N–H and O–H groups in total. The topological polar surface area (TPSA) is 106 Å². The van der Waals surface area contributed by atoms with Crippen molar-refractivity contribution < 1.29 is 54.0 Å². The fourth-order valence-corrected chi connectivity index (χ4v) is 0. The number of hydrogen-bond donors (Lipinski definition) is 2. The first-order chi connectivity index (χ1) is 5.00. The third-order valence-corrected chi connectivity index (χ3v) is 0. The fourth-order valence-electron chi connectivity index (χ4n) is 0. The average Bonchev–Trinajstić information content (AvgIpc) is 1.96. The minimum atomic E-state index is -4.67. The van der Waals surface area contributed by atoms with Gasteiger partial charge < -0.3 is 6.90 Å². The van der Waals surface area contributed by atoms with Gasteiger partial charge >= 0.3 is 40.0 Å². The number of hydrogen-bond acceptors (Lipinski definition) is 2. The molecule has 0 unspecified atom stereocenters. The Labute approximate surface area is 104 Å². The van der Waals surface area contributed by atoms with Crippen LogP contribution in [0, 0.1) is 0 Å². The maximum absolute atomic E-state index is 8.74. The molecule has 0 rings (SSSR count). The standard InChI is InChI=1S/3C2H4.Na.H2O4S.H2O.H/c3*1-2;;1-5(2,3)4;;/h3*1-2H2;;(H2,1,2,3,4);1H2;/q;;;+1;;;-1. The van der Waals surface area contributed by atoms with E-state index in [0.29, 0.717) is 0 Å². The Morgan fingerprint density at radius 1 is 0.846 bits per heavy atom. The van der Waals surface area contributed by atoms with Crippen LogP contribution < -0.4 is 29.6 Å². The van der Waals surface area contributed by atoms with Crippen molar-refractivity contribution in [1.29, 1.82) is 0 Å². The molecule has 0 fully saturated rings. The molecular weight excluding hydrogens is 207 g/mol. The van der Waals surface area contributed by atoms with E-state index in [1.165, 1.54) is 0 Å². The van der Waals surface area contributed by atoms with Crippen LogP contribution in [0.4, 0.5) is 0 Å². The molecule has 0 saturated carbocycles. The van der Waals surface area contributed by atoms with Gasteiger partial charge in [-0.25, -0.2) is 0 Å². The van der Waals surface area contributed by atoms with Gasteiger partial charge in [0, 0.05) is 0 Å². The first kappa shape index (κ1) is 38.1. The monoisotopic (exact) mass is 224 g/mol. The van der Waals surface area contributed by atoms with Gasteiger partial charge in [-0.15, -0.1) is 39.5 Å². The quantitative estimate of drug-likeness (QED) is 0.283. The Kier molecular flexibility index (Phi) is 118. The number of rotatable bonds is 0. The molecule has 0 aromatic rings. The second kappa shape index (κ2) is 40.2. The first-order valence-corrected chi connectivity index (χ1v) is 3.60. The maximum Gasteiger partial charge on any atom is 1.00 e. The molecule has 0 bridgehead atoms. The van der Waals surface area contributed by atoms with Gasteiger partial charge in [-0.3, -0.25) is 9.11 Å². The van der Waals surface area contributed by atoms with Gasteiger partial charge in [-0.1, -0.05) is 0 Å². The van der Waals surface area contributed by atoms with E-state index < -0.39 is 10.4 Å². The SMILES string of the molecule is C=C.C=C.C=C.O.O=S(=O)(O)O.[H-].[Na+]. The predicted octanol–water partition coefficient (Wildman–Crippen LogP) is -1.95. The van der Waals surface area contributed by atoms with Crippen molar-refractivity contribution in [2.24, 2.45) is 0 Å². The molecule has 0 amide bonds. The zero-order chi connectivity index (χ0) is 10.5. The Morgan fingerprint density at radius 3 is 0.846 bits per heavy atom. The molecule has 7 heteroatoms. The zero-order valence-corrected chi connectivity index (χ0v) is 10.7. The van der Waals surface area contributed by atoms with E-state index in [-0.39, 0.29) is 36.5 Å². The summed E-state index contributed by atoms with van der Waals surface area (Å²) in [7, 11) is -4.67. The third kappa shape index (κ3) is 487000. The summed E-state index contributed by atoms with van der Waals surface area (Å²) in [5, 5.41) is 0. The fraction of sp³-hybridized carbons (Fsp3) is 0. The molecule has 0 heterocycles. The summed E-state index contributed by atoms with van der Waals surface area (Å²) < 4.78 is 31.6. The van der Waals surface area contributed by atoms with Crippen LogP contribution in [0.25, 0.3) is 0 Å². The van der Waals surface area contributed by atoms with Gasteiger partial charge in [0.2, 0.25) is 0 Å². The van der Waals surface area contributed by atoms with Gasteiger partial charge in [-0.05, 0) is 0 Å². The van der Waals surface area contributed by atoms with Crippen LogP contribution in [0.2, 0.25) is 0 Å². The molecule has 78 valence electrons. The molecule has 13 heavy (non-hydrogen) atoms. The molecule has 0 spiro atoms. The second-order valence-electron chi connectivity index (χ2n) is 0.448. The zero-order valence-electron chi connectivity index (χ0n) is 8.86. The van der Waals surface area contributed by atoms with Crippen LogP contribution in [0.15, 0.2) is 39.5 Å².